The van der Waals surface area contributed by atoms with Gasteiger partial charge in [-0.2, -0.15) is 13.2 Å². The second-order valence-corrected chi connectivity index (χ2v) is 7.26. The van der Waals surface area contributed by atoms with Crippen LogP contribution < -0.4 is 5.32 Å². The number of carbonyl (C=O) groups is 2. The van der Waals surface area contributed by atoms with E-state index in [0.717, 1.165) is 12.1 Å². The SMILES string of the molecule is CC(C)OC(=O)C(Cc1ncccn1)OC(=O)NC(C)c1ccc(C(F)(F)F)cc1Cl. The Balaban J connectivity index is 2.09. The summed E-state index contributed by atoms with van der Waals surface area (Å²) in [5.41, 5.74) is -0.658. The number of esters is 1. The number of nitrogens with zero attached hydrogens (tertiary/aromatic N) is 2. The molecule has 1 aromatic carbocycles. The fourth-order valence-corrected chi connectivity index (χ4v) is 2.90. The van der Waals surface area contributed by atoms with Crippen LogP contribution in [0.3, 0.4) is 0 Å². The molecule has 2 aromatic rings. The molecule has 0 radical (unpaired) electrons. The van der Waals surface area contributed by atoms with E-state index in [1.807, 2.05) is 0 Å². The molecule has 2 atom stereocenters. The fourth-order valence-electron chi connectivity index (χ4n) is 2.55. The first kappa shape index (κ1) is 24.4. The quantitative estimate of drug-likeness (QED) is 0.613. The van der Waals surface area contributed by atoms with E-state index < -0.39 is 42.1 Å². The van der Waals surface area contributed by atoms with Crippen molar-refractivity contribution < 1.29 is 32.2 Å². The molecule has 0 aliphatic carbocycles. The fraction of sp³-hybridized carbons (Fsp3) is 0.400. The van der Waals surface area contributed by atoms with Gasteiger partial charge in [-0.3, -0.25) is 0 Å². The Morgan fingerprint density at radius 3 is 2.32 bits per heavy atom. The lowest BCUT2D eigenvalue weighted by Crippen LogP contribution is -2.38. The second kappa shape index (κ2) is 10.4. The summed E-state index contributed by atoms with van der Waals surface area (Å²) in [6.07, 6.45) is -4.45. The molecule has 2 unspecified atom stereocenters. The predicted molar refractivity (Wildman–Crippen MR) is 105 cm³/mol. The maximum absolute atomic E-state index is 12.8. The van der Waals surface area contributed by atoms with Crippen molar-refractivity contribution in [3.05, 3.63) is 58.6 Å². The Hall–Kier alpha value is -2.88. The van der Waals surface area contributed by atoms with Crippen LogP contribution in [-0.2, 0) is 26.9 Å². The molecule has 1 N–H and O–H groups in total. The van der Waals surface area contributed by atoms with E-state index in [9.17, 15) is 22.8 Å². The zero-order chi connectivity index (χ0) is 23.2. The standard InChI is InChI=1S/C20H21ClF3N3O4/c1-11(2)30-18(28)16(10-17-25-7-4-8-26-17)31-19(29)27-12(3)14-6-5-13(9-15(14)21)20(22,23)24/h4-9,11-12,16H,10H2,1-3H3,(H,27,29). The zero-order valence-electron chi connectivity index (χ0n) is 16.9. The van der Waals surface area contributed by atoms with Gasteiger partial charge < -0.3 is 14.8 Å². The van der Waals surface area contributed by atoms with Crippen molar-refractivity contribution in [3.8, 4) is 0 Å². The number of hydrogen-bond acceptors (Lipinski definition) is 6. The van der Waals surface area contributed by atoms with E-state index in [1.165, 1.54) is 25.4 Å². The van der Waals surface area contributed by atoms with Gasteiger partial charge in [-0.15, -0.1) is 0 Å². The maximum atomic E-state index is 12.8. The minimum atomic E-state index is -4.54. The summed E-state index contributed by atoms with van der Waals surface area (Å²) in [4.78, 5) is 32.7. The molecular formula is C20H21ClF3N3O4. The molecule has 2 rings (SSSR count). The third-order valence-electron chi connectivity index (χ3n) is 3.98. The Kier molecular flexibility index (Phi) is 8.21. The summed E-state index contributed by atoms with van der Waals surface area (Å²) >= 11 is 5.95. The molecule has 168 valence electrons. The van der Waals surface area contributed by atoms with Gasteiger partial charge in [0.2, 0.25) is 6.10 Å². The van der Waals surface area contributed by atoms with E-state index in [1.54, 1.807) is 19.9 Å². The van der Waals surface area contributed by atoms with Gasteiger partial charge in [0.15, 0.2) is 0 Å². The molecule has 31 heavy (non-hydrogen) atoms. The predicted octanol–water partition coefficient (Wildman–Crippen LogP) is 4.50. The zero-order valence-corrected chi connectivity index (χ0v) is 17.7. The van der Waals surface area contributed by atoms with Crippen LogP contribution >= 0.6 is 11.6 Å². The number of rotatable bonds is 7. The summed E-state index contributed by atoms with van der Waals surface area (Å²) in [5.74, 6) is -0.516. The molecular weight excluding hydrogens is 439 g/mol. The Morgan fingerprint density at radius 1 is 1.13 bits per heavy atom. The molecule has 7 nitrogen and oxygen atoms in total. The number of hydrogen-bond donors (Lipinski definition) is 1. The first-order valence-electron chi connectivity index (χ1n) is 9.27. The number of halogens is 4. The Bertz CT molecular complexity index is 910. The van der Waals surface area contributed by atoms with Crippen molar-refractivity contribution in [1.82, 2.24) is 15.3 Å². The third kappa shape index (κ3) is 7.39. The Labute approximate surface area is 181 Å². The highest BCUT2D eigenvalue weighted by Crippen LogP contribution is 2.33. The maximum Gasteiger partial charge on any atom is 0.416 e. The van der Waals surface area contributed by atoms with Crippen LogP contribution in [0.5, 0.6) is 0 Å². The summed E-state index contributed by atoms with van der Waals surface area (Å²) in [5, 5.41) is 2.27. The number of benzene rings is 1. The van der Waals surface area contributed by atoms with Crippen LogP contribution in [0.1, 0.15) is 43.8 Å². The van der Waals surface area contributed by atoms with Crippen LogP contribution in [0.25, 0.3) is 0 Å². The highest BCUT2D eigenvalue weighted by atomic mass is 35.5. The molecule has 1 amide bonds. The van der Waals surface area contributed by atoms with Crippen molar-refractivity contribution in [2.75, 3.05) is 0 Å². The molecule has 1 heterocycles. The number of alkyl carbamates (subject to hydrolysis) is 1. The van der Waals surface area contributed by atoms with E-state index in [0.29, 0.717) is 0 Å². The van der Waals surface area contributed by atoms with Crippen LogP contribution in [0, 0.1) is 0 Å². The van der Waals surface area contributed by atoms with E-state index in [4.69, 9.17) is 21.1 Å². The number of nitrogens with one attached hydrogen (secondary N) is 1. The summed E-state index contributed by atoms with van der Waals surface area (Å²) < 4.78 is 48.7. The van der Waals surface area contributed by atoms with Crippen molar-refractivity contribution in [3.63, 3.8) is 0 Å². The largest absolute Gasteiger partial charge is 0.460 e. The van der Waals surface area contributed by atoms with Crippen molar-refractivity contribution in [2.24, 2.45) is 0 Å². The molecule has 0 aliphatic rings. The molecule has 1 aromatic heterocycles. The summed E-state index contributed by atoms with van der Waals surface area (Å²) in [7, 11) is 0. The first-order chi connectivity index (χ1) is 14.5. The molecule has 0 saturated heterocycles. The van der Waals surface area contributed by atoms with Gasteiger partial charge in [-0.05, 0) is 44.5 Å². The van der Waals surface area contributed by atoms with Crippen LogP contribution in [0.2, 0.25) is 5.02 Å². The summed E-state index contributed by atoms with van der Waals surface area (Å²) in [6, 6.07) is 3.60. The molecule has 0 aliphatic heterocycles. The van der Waals surface area contributed by atoms with Crippen LogP contribution in [0.4, 0.5) is 18.0 Å². The van der Waals surface area contributed by atoms with Gasteiger partial charge in [0.25, 0.3) is 0 Å². The minimum Gasteiger partial charge on any atom is -0.460 e. The lowest BCUT2D eigenvalue weighted by Gasteiger charge is -2.21. The third-order valence-corrected chi connectivity index (χ3v) is 4.31. The van der Waals surface area contributed by atoms with Gasteiger partial charge in [-0.1, -0.05) is 17.7 Å². The van der Waals surface area contributed by atoms with Crippen LogP contribution in [0.15, 0.2) is 36.7 Å². The lowest BCUT2D eigenvalue weighted by atomic mass is 10.1. The number of ether oxygens (including phenoxy) is 2. The van der Waals surface area contributed by atoms with E-state index >= 15 is 0 Å². The molecule has 11 heteroatoms. The van der Waals surface area contributed by atoms with Gasteiger partial charge in [0, 0.05) is 17.4 Å². The van der Waals surface area contributed by atoms with E-state index in [2.05, 4.69) is 15.3 Å². The van der Waals surface area contributed by atoms with Gasteiger partial charge in [0.1, 0.15) is 5.82 Å². The van der Waals surface area contributed by atoms with Gasteiger partial charge in [0.05, 0.1) is 24.1 Å². The number of amides is 1. The Morgan fingerprint density at radius 2 is 1.77 bits per heavy atom. The van der Waals surface area contributed by atoms with E-state index in [-0.39, 0.29) is 22.8 Å². The van der Waals surface area contributed by atoms with Gasteiger partial charge >= 0.3 is 18.2 Å². The normalized spacial score (nSPS) is 13.4. The van der Waals surface area contributed by atoms with Crippen molar-refractivity contribution in [1.29, 1.82) is 0 Å². The average molecular weight is 460 g/mol. The summed E-state index contributed by atoms with van der Waals surface area (Å²) in [6.45, 7) is 4.79. The van der Waals surface area contributed by atoms with Crippen LogP contribution in [-0.4, -0.2) is 34.2 Å². The number of carbonyl (C=O) groups excluding carboxylic acids is 2. The van der Waals surface area contributed by atoms with Crippen molar-refractivity contribution >= 4 is 23.7 Å². The number of alkyl halides is 3. The minimum absolute atomic E-state index is 0.116. The topological polar surface area (TPSA) is 90.4 Å². The average Bonchev–Trinajstić information content (AvgIpc) is 2.66. The smallest absolute Gasteiger partial charge is 0.416 e. The molecule has 0 bridgehead atoms. The second-order valence-electron chi connectivity index (χ2n) is 6.85. The molecule has 0 spiro atoms. The monoisotopic (exact) mass is 459 g/mol. The number of aromatic nitrogens is 2. The molecule has 0 fully saturated rings. The van der Waals surface area contributed by atoms with Crippen molar-refractivity contribution in [2.45, 2.75) is 51.6 Å². The highest BCUT2D eigenvalue weighted by Gasteiger charge is 2.32. The van der Waals surface area contributed by atoms with Gasteiger partial charge in [-0.25, -0.2) is 19.6 Å². The first-order valence-corrected chi connectivity index (χ1v) is 9.65. The lowest BCUT2D eigenvalue weighted by molar-refractivity contribution is -0.157. The highest BCUT2D eigenvalue weighted by molar-refractivity contribution is 6.31. The molecule has 0 saturated carbocycles.